The summed E-state index contributed by atoms with van der Waals surface area (Å²) in [5.41, 5.74) is 1.51. The van der Waals surface area contributed by atoms with Crippen molar-refractivity contribution in [3.8, 4) is 0 Å². The molecule has 0 aliphatic carbocycles. The molecule has 1 aromatic heterocycles. The molecule has 6 heteroatoms. The van der Waals surface area contributed by atoms with E-state index in [0.717, 1.165) is 12.1 Å². The van der Waals surface area contributed by atoms with Crippen molar-refractivity contribution in [1.82, 2.24) is 15.2 Å². The maximum Gasteiger partial charge on any atom is 0.254 e. The van der Waals surface area contributed by atoms with Crippen LogP contribution in [-0.4, -0.2) is 35.4 Å². The van der Waals surface area contributed by atoms with Crippen molar-refractivity contribution in [1.29, 1.82) is 0 Å². The fourth-order valence-electron chi connectivity index (χ4n) is 2.58. The zero-order valence-corrected chi connectivity index (χ0v) is 12.7. The Balaban J connectivity index is 0.00000176. The molecule has 1 unspecified atom stereocenters. The number of carbonyl (C=O) groups excluding carboxylic acids is 1. The van der Waals surface area contributed by atoms with Gasteiger partial charge < -0.3 is 10.2 Å². The molecular weight excluding hydrogens is 305 g/mol. The van der Waals surface area contributed by atoms with Crippen LogP contribution < -0.4 is 5.32 Å². The molecule has 0 bridgehead atoms. The molecule has 1 N–H and O–H groups in total. The standard InChI is InChI=1S/C16H16FN3O.ClH/c17-14-5-3-12(4-6-14)16(21)20-9-8-19-11-15(20)13-2-1-7-18-10-13;/h1-7,10,15,19H,8-9,11H2;1H. The van der Waals surface area contributed by atoms with Gasteiger partial charge in [-0.2, -0.15) is 0 Å². The van der Waals surface area contributed by atoms with Crippen molar-refractivity contribution < 1.29 is 9.18 Å². The van der Waals surface area contributed by atoms with E-state index >= 15 is 0 Å². The molecule has 1 amide bonds. The van der Waals surface area contributed by atoms with Crippen molar-refractivity contribution in [2.75, 3.05) is 19.6 Å². The van der Waals surface area contributed by atoms with Gasteiger partial charge >= 0.3 is 0 Å². The molecule has 0 spiro atoms. The van der Waals surface area contributed by atoms with E-state index < -0.39 is 0 Å². The average molecular weight is 322 g/mol. The largest absolute Gasteiger partial charge is 0.329 e. The van der Waals surface area contributed by atoms with Crippen LogP contribution >= 0.6 is 12.4 Å². The molecule has 22 heavy (non-hydrogen) atoms. The molecule has 4 nitrogen and oxygen atoms in total. The first kappa shape index (κ1) is 16.4. The monoisotopic (exact) mass is 321 g/mol. The quantitative estimate of drug-likeness (QED) is 0.924. The molecule has 1 saturated heterocycles. The Kier molecular flexibility index (Phi) is 5.46. The topological polar surface area (TPSA) is 45.2 Å². The van der Waals surface area contributed by atoms with Gasteiger partial charge in [-0.15, -0.1) is 12.4 Å². The van der Waals surface area contributed by atoms with Gasteiger partial charge in [-0.25, -0.2) is 4.39 Å². The Labute approximate surface area is 134 Å². The molecule has 0 radical (unpaired) electrons. The van der Waals surface area contributed by atoms with E-state index in [1.54, 1.807) is 12.4 Å². The summed E-state index contributed by atoms with van der Waals surface area (Å²) in [6.45, 7) is 2.07. The second-order valence-corrected chi connectivity index (χ2v) is 5.01. The Morgan fingerprint density at radius 3 is 2.73 bits per heavy atom. The zero-order valence-electron chi connectivity index (χ0n) is 11.9. The average Bonchev–Trinajstić information content (AvgIpc) is 2.56. The fourth-order valence-corrected chi connectivity index (χ4v) is 2.58. The van der Waals surface area contributed by atoms with Gasteiger partial charge in [0.25, 0.3) is 5.91 Å². The summed E-state index contributed by atoms with van der Waals surface area (Å²) in [4.78, 5) is 18.6. The minimum absolute atomic E-state index is 0. The van der Waals surface area contributed by atoms with Gasteiger partial charge in [0.05, 0.1) is 6.04 Å². The van der Waals surface area contributed by atoms with E-state index in [9.17, 15) is 9.18 Å². The lowest BCUT2D eigenvalue weighted by Gasteiger charge is -2.36. The zero-order chi connectivity index (χ0) is 14.7. The molecule has 116 valence electrons. The Morgan fingerprint density at radius 2 is 2.05 bits per heavy atom. The number of nitrogens with one attached hydrogen (secondary N) is 1. The number of rotatable bonds is 2. The molecule has 1 aromatic carbocycles. The first-order chi connectivity index (χ1) is 10.3. The number of hydrogen-bond donors (Lipinski definition) is 1. The van der Waals surface area contributed by atoms with Crippen LogP contribution in [0, 0.1) is 5.82 Å². The predicted molar refractivity (Wildman–Crippen MR) is 84.5 cm³/mol. The highest BCUT2D eigenvalue weighted by Crippen LogP contribution is 2.23. The van der Waals surface area contributed by atoms with Crippen LogP contribution in [-0.2, 0) is 0 Å². The Hall–Kier alpha value is -1.98. The van der Waals surface area contributed by atoms with Crippen LogP contribution in [0.3, 0.4) is 0 Å². The number of amides is 1. The SMILES string of the molecule is Cl.O=C(c1ccc(F)cc1)N1CCNCC1c1cccnc1. The third-order valence-electron chi connectivity index (χ3n) is 3.66. The number of nitrogens with zero attached hydrogens (tertiary/aromatic N) is 2. The van der Waals surface area contributed by atoms with Crippen LogP contribution in [0.5, 0.6) is 0 Å². The second kappa shape index (κ2) is 7.33. The number of pyridine rings is 1. The molecule has 1 aliphatic rings. The summed E-state index contributed by atoms with van der Waals surface area (Å²) in [6.07, 6.45) is 3.49. The molecule has 0 saturated carbocycles. The second-order valence-electron chi connectivity index (χ2n) is 5.01. The minimum Gasteiger partial charge on any atom is -0.329 e. The molecule has 1 fully saturated rings. The van der Waals surface area contributed by atoms with Gasteiger partial charge in [0.15, 0.2) is 0 Å². The van der Waals surface area contributed by atoms with Crippen molar-refractivity contribution in [3.05, 3.63) is 65.7 Å². The van der Waals surface area contributed by atoms with Crippen LogP contribution in [0.4, 0.5) is 4.39 Å². The number of piperazine rings is 1. The van der Waals surface area contributed by atoms with Gasteiger partial charge in [0.1, 0.15) is 5.82 Å². The lowest BCUT2D eigenvalue weighted by Crippen LogP contribution is -2.48. The number of halogens is 2. The van der Waals surface area contributed by atoms with E-state index in [2.05, 4.69) is 10.3 Å². The predicted octanol–water partition coefficient (Wildman–Crippen LogP) is 2.43. The summed E-state index contributed by atoms with van der Waals surface area (Å²) in [6, 6.07) is 9.47. The third-order valence-corrected chi connectivity index (χ3v) is 3.66. The van der Waals surface area contributed by atoms with E-state index in [-0.39, 0.29) is 30.2 Å². The van der Waals surface area contributed by atoms with Crippen molar-refractivity contribution >= 4 is 18.3 Å². The van der Waals surface area contributed by atoms with Crippen molar-refractivity contribution in [2.45, 2.75) is 6.04 Å². The summed E-state index contributed by atoms with van der Waals surface area (Å²) in [7, 11) is 0. The number of hydrogen-bond acceptors (Lipinski definition) is 3. The van der Waals surface area contributed by atoms with Crippen molar-refractivity contribution in [3.63, 3.8) is 0 Å². The first-order valence-corrected chi connectivity index (χ1v) is 6.93. The van der Waals surface area contributed by atoms with E-state index in [0.29, 0.717) is 18.7 Å². The maximum atomic E-state index is 13.0. The summed E-state index contributed by atoms with van der Waals surface area (Å²) in [5, 5.41) is 3.30. The molecule has 1 aliphatic heterocycles. The molecule has 1 atom stereocenters. The summed E-state index contributed by atoms with van der Waals surface area (Å²) < 4.78 is 13.0. The highest BCUT2D eigenvalue weighted by molar-refractivity contribution is 5.94. The Morgan fingerprint density at radius 1 is 1.27 bits per heavy atom. The normalized spacial score (nSPS) is 17.7. The van der Waals surface area contributed by atoms with E-state index in [4.69, 9.17) is 0 Å². The van der Waals surface area contributed by atoms with Crippen LogP contribution in [0.2, 0.25) is 0 Å². The van der Waals surface area contributed by atoms with E-state index in [1.165, 1.54) is 24.3 Å². The first-order valence-electron chi connectivity index (χ1n) is 6.93. The van der Waals surface area contributed by atoms with E-state index in [1.807, 2.05) is 17.0 Å². The van der Waals surface area contributed by atoms with Crippen LogP contribution in [0.15, 0.2) is 48.8 Å². The van der Waals surface area contributed by atoms with Gasteiger partial charge in [-0.05, 0) is 35.9 Å². The molecule has 3 rings (SSSR count). The smallest absolute Gasteiger partial charge is 0.254 e. The maximum absolute atomic E-state index is 13.0. The fraction of sp³-hybridized carbons (Fsp3) is 0.250. The molecule has 2 aromatic rings. The molecule has 2 heterocycles. The van der Waals surface area contributed by atoms with Gasteiger partial charge in [0.2, 0.25) is 0 Å². The summed E-state index contributed by atoms with van der Waals surface area (Å²) >= 11 is 0. The van der Waals surface area contributed by atoms with Crippen molar-refractivity contribution in [2.24, 2.45) is 0 Å². The number of benzene rings is 1. The Bertz CT molecular complexity index is 621. The lowest BCUT2D eigenvalue weighted by molar-refractivity contribution is 0.0634. The summed E-state index contributed by atoms with van der Waals surface area (Å²) in [5.74, 6) is -0.416. The third kappa shape index (κ3) is 3.43. The van der Waals surface area contributed by atoms with Gasteiger partial charge in [-0.3, -0.25) is 9.78 Å². The number of carbonyl (C=O) groups is 1. The highest BCUT2D eigenvalue weighted by atomic mass is 35.5. The number of aromatic nitrogens is 1. The minimum atomic E-state index is -0.337. The highest BCUT2D eigenvalue weighted by Gasteiger charge is 2.28. The molecular formula is C16H17ClFN3O. The van der Waals surface area contributed by atoms with Crippen LogP contribution in [0.1, 0.15) is 22.0 Å². The van der Waals surface area contributed by atoms with Crippen LogP contribution in [0.25, 0.3) is 0 Å². The van der Waals surface area contributed by atoms with Gasteiger partial charge in [-0.1, -0.05) is 6.07 Å². The lowest BCUT2D eigenvalue weighted by atomic mass is 10.0. The van der Waals surface area contributed by atoms with Gasteiger partial charge in [0, 0.05) is 37.6 Å².